The molecule has 16 heavy (non-hydrogen) atoms. The number of benzene rings is 1. The van der Waals surface area contributed by atoms with Crippen molar-refractivity contribution >= 4 is 0 Å². The van der Waals surface area contributed by atoms with Crippen molar-refractivity contribution in [1.82, 2.24) is 14.3 Å². The molecule has 0 atom stereocenters. The molecule has 0 spiro atoms. The van der Waals surface area contributed by atoms with Crippen molar-refractivity contribution in [3.05, 3.63) is 40.1 Å². The van der Waals surface area contributed by atoms with Crippen LogP contribution in [0.15, 0.2) is 23.0 Å². The van der Waals surface area contributed by atoms with E-state index in [9.17, 15) is 4.79 Å². The van der Waals surface area contributed by atoms with E-state index in [0.29, 0.717) is 12.4 Å². The first-order chi connectivity index (χ1) is 7.66. The summed E-state index contributed by atoms with van der Waals surface area (Å²) in [5, 5.41) is 4.12. The fourth-order valence-corrected chi connectivity index (χ4v) is 1.92. The van der Waals surface area contributed by atoms with Crippen LogP contribution in [0.1, 0.15) is 11.4 Å². The molecule has 82 valence electrons. The van der Waals surface area contributed by atoms with E-state index in [4.69, 9.17) is 4.74 Å². The van der Waals surface area contributed by atoms with Crippen LogP contribution in [-0.2, 0) is 13.7 Å². The number of rotatable bonds is 0. The van der Waals surface area contributed by atoms with Gasteiger partial charge in [-0.15, -0.1) is 0 Å². The first-order valence-corrected chi connectivity index (χ1v) is 5.05. The average molecular weight is 217 g/mol. The molecule has 2 heterocycles. The zero-order valence-electron chi connectivity index (χ0n) is 9.10. The van der Waals surface area contributed by atoms with Crippen molar-refractivity contribution < 1.29 is 4.74 Å². The van der Waals surface area contributed by atoms with Gasteiger partial charge in [0.2, 0.25) is 0 Å². The standard InChI is InChI=1S/C11H11N3O2/c1-7-3-4-9-8(5-7)14-10(6-16-9)12-13(2)11(14)15/h3-5H,6H2,1-2H3. The van der Waals surface area contributed by atoms with Crippen molar-refractivity contribution in [1.29, 1.82) is 0 Å². The van der Waals surface area contributed by atoms with Crippen LogP contribution in [0.2, 0.25) is 0 Å². The largest absolute Gasteiger partial charge is 0.483 e. The molecule has 0 saturated carbocycles. The zero-order valence-corrected chi connectivity index (χ0v) is 9.10. The number of fused-ring (bicyclic) bond motifs is 3. The smallest absolute Gasteiger partial charge is 0.350 e. The highest BCUT2D eigenvalue weighted by molar-refractivity contribution is 5.50. The van der Waals surface area contributed by atoms with Crippen molar-refractivity contribution in [2.24, 2.45) is 7.05 Å². The third-order valence-electron chi connectivity index (χ3n) is 2.70. The van der Waals surface area contributed by atoms with E-state index in [0.717, 1.165) is 17.0 Å². The van der Waals surface area contributed by atoms with Gasteiger partial charge in [0, 0.05) is 7.05 Å². The SMILES string of the molecule is Cc1ccc2c(c1)-n1c(nn(C)c1=O)CO2. The molecule has 0 amide bonds. The summed E-state index contributed by atoms with van der Waals surface area (Å²) in [4.78, 5) is 11.9. The number of hydrogen-bond donors (Lipinski definition) is 0. The molecule has 0 radical (unpaired) electrons. The van der Waals surface area contributed by atoms with Gasteiger partial charge < -0.3 is 4.74 Å². The maximum Gasteiger partial charge on any atom is 0.350 e. The van der Waals surface area contributed by atoms with Gasteiger partial charge in [-0.05, 0) is 24.6 Å². The van der Waals surface area contributed by atoms with Crippen molar-refractivity contribution in [3.8, 4) is 11.4 Å². The number of nitrogens with zero attached hydrogens (tertiary/aromatic N) is 3. The predicted octanol–water partition coefficient (Wildman–Crippen LogP) is 0.772. The fraction of sp³-hybridized carbons (Fsp3) is 0.273. The van der Waals surface area contributed by atoms with Gasteiger partial charge in [-0.3, -0.25) is 0 Å². The molecule has 1 aliphatic rings. The monoisotopic (exact) mass is 217 g/mol. The molecule has 0 N–H and O–H groups in total. The summed E-state index contributed by atoms with van der Waals surface area (Å²) < 4.78 is 8.47. The Kier molecular flexibility index (Phi) is 1.71. The third-order valence-corrected chi connectivity index (χ3v) is 2.70. The van der Waals surface area contributed by atoms with E-state index in [1.807, 2.05) is 25.1 Å². The van der Waals surface area contributed by atoms with Gasteiger partial charge in [0.15, 0.2) is 5.82 Å². The molecule has 1 aromatic heterocycles. The van der Waals surface area contributed by atoms with Crippen LogP contribution in [0, 0.1) is 6.92 Å². The van der Waals surface area contributed by atoms with Crippen molar-refractivity contribution in [3.63, 3.8) is 0 Å². The maximum absolute atomic E-state index is 11.9. The summed E-state index contributed by atoms with van der Waals surface area (Å²) in [6.07, 6.45) is 0. The minimum Gasteiger partial charge on any atom is -0.483 e. The molecule has 0 bridgehead atoms. The molecular formula is C11H11N3O2. The van der Waals surface area contributed by atoms with Gasteiger partial charge in [0.05, 0.1) is 5.69 Å². The Morgan fingerprint density at radius 2 is 2.25 bits per heavy atom. The molecule has 0 aliphatic carbocycles. The van der Waals surface area contributed by atoms with Gasteiger partial charge >= 0.3 is 5.69 Å². The zero-order chi connectivity index (χ0) is 11.3. The van der Waals surface area contributed by atoms with Crippen molar-refractivity contribution in [2.45, 2.75) is 13.5 Å². The van der Waals surface area contributed by atoms with Crippen molar-refractivity contribution in [2.75, 3.05) is 0 Å². The Morgan fingerprint density at radius 3 is 3.06 bits per heavy atom. The summed E-state index contributed by atoms with van der Waals surface area (Å²) >= 11 is 0. The van der Waals surface area contributed by atoms with Crippen LogP contribution in [0.3, 0.4) is 0 Å². The summed E-state index contributed by atoms with van der Waals surface area (Å²) in [5.41, 5.74) is 1.73. The number of aromatic nitrogens is 3. The molecule has 3 rings (SSSR count). The van der Waals surface area contributed by atoms with Gasteiger partial charge in [-0.1, -0.05) is 6.07 Å². The first-order valence-electron chi connectivity index (χ1n) is 5.05. The van der Waals surface area contributed by atoms with E-state index in [2.05, 4.69) is 5.10 Å². The summed E-state index contributed by atoms with van der Waals surface area (Å²) in [7, 11) is 1.64. The fourth-order valence-electron chi connectivity index (χ4n) is 1.92. The Hall–Kier alpha value is -2.04. The molecule has 0 saturated heterocycles. The second kappa shape index (κ2) is 2.98. The lowest BCUT2D eigenvalue weighted by Crippen LogP contribution is -2.25. The van der Waals surface area contributed by atoms with E-state index in [1.165, 1.54) is 4.68 Å². The van der Waals surface area contributed by atoms with E-state index in [-0.39, 0.29) is 5.69 Å². The highest BCUT2D eigenvalue weighted by atomic mass is 16.5. The Balaban J connectivity index is 2.37. The van der Waals surface area contributed by atoms with E-state index >= 15 is 0 Å². The highest BCUT2D eigenvalue weighted by Crippen LogP contribution is 2.28. The molecule has 2 aromatic rings. The molecular weight excluding hydrogens is 206 g/mol. The lowest BCUT2D eigenvalue weighted by molar-refractivity contribution is 0.278. The lowest BCUT2D eigenvalue weighted by atomic mass is 10.2. The average Bonchev–Trinajstić information content (AvgIpc) is 2.55. The summed E-state index contributed by atoms with van der Waals surface area (Å²) in [6.45, 7) is 2.32. The van der Waals surface area contributed by atoms with Crippen LogP contribution < -0.4 is 10.4 Å². The molecule has 1 aliphatic heterocycles. The number of ether oxygens (including phenoxy) is 1. The Labute approximate surface area is 91.9 Å². The van der Waals surface area contributed by atoms with E-state index in [1.54, 1.807) is 11.6 Å². The van der Waals surface area contributed by atoms with Crippen LogP contribution in [0.5, 0.6) is 5.75 Å². The molecule has 1 aromatic carbocycles. The molecule has 0 fully saturated rings. The van der Waals surface area contributed by atoms with Crippen LogP contribution >= 0.6 is 0 Å². The topological polar surface area (TPSA) is 49.0 Å². The Bertz CT molecular complexity index is 625. The lowest BCUT2D eigenvalue weighted by Gasteiger charge is -2.17. The highest BCUT2D eigenvalue weighted by Gasteiger charge is 2.21. The van der Waals surface area contributed by atoms with Gasteiger partial charge in [0.1, 0.15) is 12.4 Å². The second-order valence-corrected chi connectivity index (χ2v) is 3.92. The normalized spacial score (nSPS) is 12.9. The minimum absolute atomic E-state index is 0.134. The van der Waals surface area contributed by atoms with Crippen LogP contribution in [0.25, 0.3) is 5.69 Å². The predicted molar refractivity (Wildman–Crippen MR) is 57.9 cm³/mol. The van der Waals surface area contributed by atoms with Crippen LogP contribution in [0.4, 0.5) is 0 Å². The first kappa shape index (κ1) is 9.21. The molecule has 0 unspecified atom stereocenters. The summed E-state index contributed by atoms with van der Waals surface area (Å²) in [5.74, 6) is 1.37. The number of hydrogen-bond acceptors (Lipinski definition) is 3. The maximum atomic E-state index is 11.9. The molecule has 5 heteroatoms. The van der Waals surface area contributed by atoms with Gasteiger partial charge in [-0.2, -0.15) is 5.10 Å². The van der Waals surface area contributed by atoms with Gasteiger partial charge in [0.25, 0.3) is 0 Å². The van der Waals surface area contributed by atoms with Gasteiger partial charge in [-0.25, -0.2) is 14.0 Å². The third kappa shape index (κ3) is 1.11. The van der Waals surface area contributed by atoms with E-state index < -0.39 is 0 Å². The number of aryl methyl sites for hydroxylation is 2. The quantitative estimate of drug-likeness (QED) is 0.655. The molecule has 5 nitrogen and oxygen atoms in total. The van der Waals surface area contributed by atoms with Crippen LogP contribution in [-0.4, -0.2) is 14.3 Å². The Morgan fingerprint density at radius 1 is 1.44 bits per heavy atom. The second-order valence-electron chi connectivity index (χ2n) is 3.92. The summed E-state index contributed by atoms with van der Waals surface area (Å²) in [6, 6.07) is 5.78. The minimum atomic E-state index is -0.134.